The molecule has 1 N–H and O–H groups in total. The Bertz CT molecular complexity index is 2540. The first-order valence-corrected chi connectivity index (χ1v) is 32.3. The predicted octanol–water partition coefficient (Wildman–Crippen LogP) is 14.1. The number of aliphatic hydroxyl groups is 1. The third-order valence-electron chi connectivity index (χ3n) is 20.5. The van der Waals surface area contributed by atoms with Crippen molar-refractivity contribution >= 4 is 29.8 Å². The van der Waals surface area contributed by atoms with Crippen LogP contribution in [-0.2, 0) is 57.1 Å². The lowest BCUT2D eigenvalue weighted by atomic mass is 9.50. The third kappa shape index (κ3) is 17.5. The lowest BCUT2D eigenvalue weighted by Gasteiger charge is -2.59. The number of methoxy groups -OCH3 is 2. The molecule has 9 fully saturated rings. The van der Waals surface area contributed by atoms with Crippen LogP contribution in [0.25, 0.3) is 0 Å². The number of hydrogen-bond acceptors (Lipinski definition) is 16. The van der Waals surface area contributed by atoms with Crippen LogP contribution in [0.1, 0.15) is 224 Å². The summed E-state index contributed by atoms with van der Waals surface area (Å²) in [5, 5.41) is 10.6. The van der Waals surface area contributed by atoms with Crippen molar-refractivity contribution in [3.05, 3.63) is 53.6 Å². The molecule has 2 aromatic carbocycles. The zero-order valence-electron chi connectivity index (χ0n) is 55.5. The minimum Gasteiger partial charge on any atom is -0.497 e. The Morgan fingerprint density at radius 2 is 1.15 bits per heavy atom. The van der Waals surface area contributed by atoms with E-state index in [2.05, 4.69) is 13.8 Å². The molecule has 0 radical (unpaired) electrons. The summed E-state index contributed by atoms with van der Waals surface area (Å²) in [6, 6.07) is 13.2. The molecule has 484 valence electrons. The van der Waals surface area contributed by atoms with Gasteiger partial charge in [0.2, 0.25) is 6.10 Å². The van der Waals surface area contributed by atoms with Crippen molar-refractivity contribution in [2.24, 2.45) is 57.2 Å². The number of benzene rings is 2. The van der Waals surface area contributed by atoms with E-state index in [-0.39, 0.29) is 53.7 Å². The summed E-state index contributed by atoms with van der Waals surface area (Å²) in [5.74, 6) is 5.21. The van der Waals surface area contributed by atoms with Gasteiger partial charge < -0.3 is 52.5 Å². The van der Waals surface area contributed by atoms with Crippen LogP contribution in [0.5, 0.6) is 17.2 Å². The van der Waals surface area contributed by atoms with Crippen molar-refractivity contribution in [2.45, 2.75) is 242 Å². The Morgan fingerprint density at radius 3 is 1.64 bits per heavy atom. The topological polar surface area (TPSA) is 198 Å². The van der Waals surface area contributed by atoms with Crippen LogP contribution in [0.15, 0.2) is 42.5 Å². The Hall–Kier alpha value is -4.93. The molecule has 0 spiro atoms. The van der Waals surface area contributed by atoms with Gasteiger partial charge in [0.05, 0.1) is 48.1 Å². The molecule has 86 heavy (non-hydrogen) atoms. The summed E-state index contributed by atoms with van der Waals surface area (Å²) in [7, 11) is 3.23. The molecule has 8 aliphatic carbocycles. The minimum absolute atomic E-state index is 0.0185. The van der Waals surface area contributed by atoms with Gasteiger partial charge in [0.15, 0.2) is 6.29 Å². The molecule has 11 rings (SSSR count). The highest BCUT2D eigenvalue weighted by atomic mass is 16.7. The van der Waals surface area contributed by atoms with Gasteiger partial charge in [0.25, 0.3) is 0 Å². The van der Waals surface area contributed by atoms with Gasteiger partial charge in [-0.3, -0.25) is 19.2 Å². The lowest BCUT2D eigenvalue weighted by Crippen LogP contribution is -2.61. The highest BCUT2D eigenvalue weighted by Crippen LogP contribution is 2.61. The largest absolute Gasteiger partial charge is 0.497 e. The van der Waals surface area contributed by atoms with E-state index in [0.717, 1.165) is 67.9 Å². The van der Waals surface area contributed by atoms with E-state index in [1.807, 2.05) is 119 Å². The fourth-order valence-electron chi connectivity index (χ4n) is 13.7. The summed E-state index contributed by atoms with van der Waals surface area (Å²) in [5.41, 5.74) is -1.07. The Kier molecular flexibility index (Phi) is 23.8. The summed E-state index contributed by atoms with van der Waals surface area (Å²) < 4.78 is 55.7. The fourth-order valence-corrected chi connectivity index (χ4v) is 13.7. The molecule has 5 atom stereocenters. The second-order valence-corrected chi connectivity index (χ2v) is 28.6. The predicted molar refractivity (Wildman–Crippen MR) is 328 cm³/mol. The fraction of sp³-hybridized carbons (Fsp3) is 0.757. The number of carbonyl (C=O) groups excluding carboxylic acids is 5. The Labute approximate surface area is 514 Å². The van der Waals surface area contributed by atoms with Gasteiger partial charge in [-0.1, -0.05) is 39.8 Å². The number of cyclic esters (lactones) is 1. The highest BCUT2D eigenvalue weighted by molar-refractivity contribution is 5.83. The van der Waals surface area contributed by atoms with Crippen LogP contribution in [0.4, 0.5) is 0 Å². The average Bonchev–Trinajstić information content (AvgIpc) is 0.834. The Morgan fingerprint density at radius 1 is 0.640 bits per heavy atom. The van der Waals surface area contributed by atoms with E-state index in [1.54, 1.807) is 28.1 Å². The molecular formula is C70H108O16. The molecule has 0 amide bonds. The van der Waals surface area contributed by atoms with Crippen LogP contribution in [-0.4, -0.2) is 105 Å². The van der Waals surface area contributed by atoms with Crippen molar-refractivity contribution < 1.29 is 76.4 Å². The first-order valence-electron chi connectivity index (χ1n) is 32.3. The summed E-state index contributed by atoms with van der Waals surface area (Å²) in [6.45, 7) is 30.6. The standard InChI is InChI=1S/C27H38O7.C17H28O2.C16H26O3.C10H16O4/c1-8-27(4,5)26(28)33-17-16-32-21-12-10-20(11-13-21)25(34-19(3)31-9-2)23-15-14-22(29-6)18-24(23)30-7;1-5-16(2,3)15(18)19-17(4)13-7-11-6-12(9-13)10-14(17)8-11;1-4-14(2,3)13(17)19-16-8-11-5-12(9-16)7-15(18,6-11)10-16;1-4-10(2,3)9(12)14-7-5-6-13-8(7)11/h10-15,18-19,25H,8-9,16-17H2,1-7H3;11-14H,5-10H2,1-4H3;11-12,18H,4-10H2,1-3H3;7H,4-6H2,1-3H3. The molecule has 1 aliphatic heterocycles. The number of carbonyl (C=O) groups is 5. The Balaban J connectivity index is 0.000000194. The van der Waals surface area contributed by atoms with E-state index < -0.39 is 46.3 Å². The van der Waals surface area contributed by atoms with Crippen molar-refractivity contribution in [3.63, 3.8) is 0 Å². The van der Waals surface area contributed by atoms with Crippen LogP contribution >= 0.6 is 0 Å². The maximum Gasteiger partial charge on any atom is 0.347 e. The summed E-state index contributed by atoms with van der Waals surface area (Å²) >= 11 is 0. The average molecular weight is 1210 g/mol. The number of rotatable bonds is 23. The van der Waals surface area contributed by atoms with Gasteiger partial charge in [0.1, 0.15) is 47.8 Å². The first-order chi connectivity index (χ1) is 40.3. The first kappa shape index (κ1) is 70.2. The normalized spacial score (nSPS) is 28.4. The maximum atomic E-state index is 12.5. The third-order valence-corrected chi connectivity index (χ3v) is 20.5. The van der Waals surface area contributed by atoms with E-state index in [9.17, 15) is 29.1 Å². The van der Waals surface area contributed by atoms with Crippen molar-refractivity contribution in [1.29, 1.82) is 0 Å². The zero-order chi connectivity index (χ0) is 63.6. The molecule has 8 bridgehead atoms. The van der Waals surface area contributed by atoms with Gasteiger partial charge in [-0.25, -0.2) is 4.79 Å². The molecular weight excluding hydrogens is 1100 g/mol. The monoisotopic (exact) mass is 1200 g/mol. The van der Waals surface area contributed by atoms with Crippen LogP contribution < -0.4 is 14.2 Å². The molecule has 8 saturated carbocycles. The minimum atomic E-state index is -0.687. The molecule has 1 saturated heterocycles. The molecule has 16 nitrogen and oxygen atoms in total. The van der Waals surface area contributed by atoms with E-state index in [4.69, 9.17) is 47.4 Å². The van der Waals surface area contributed by atoms with Crippen molar-refractivity contribution in [1.82, 2.24) is 0 Å². The van der Waals surface area contributed by atoms with Gasteiger partial charge in [0, 0.05) is 31.1 Å². The summed E-state index contributed by atoms with van der Waals surface area (Å²) in [6.07, 6.45) is 14.3. The summed E-state index contributed by atoms with van der Waals surface area (Å²) in [4.78, 5) is 59.5. The van der Waals surface area contributed by atoms with Gasteiger partial charge in [-0.2, -0.15) is 0 Å². The van der Waals surface area contributed by atoms with Gasteiger partial charge >= 0.3 is 29.8 Å². The smallest absolute Gasteiger partial charge is 0.347 e. The van der Waals surface area contributed by atoms with E-state index in [1.165, 1.54) is 38.5 Å². The number of ether oxygens (including phenoxy) is 10. The molecule has 5 unspecified atom stereocenters. The molecule has 2 aromatic rings. The molecule has 0 aromatic heterocycles. The molecule has 16 heteroatoms. The SMILES string of the molecule is CCC(C)(C)C(=O)OC1(C)C2CC3CC(C2)CC1C3.CCC(C)(C)C(=O)OC12CC3CC(CC(O)(C3)C1)C2.CCC(C)(C)C(=O)OC1CCOC1=O.CCOC(C)OC(c1ccc(OCCOC(=O)C(C)(C)CC)cc1)c1ccc(OC)cc1OC. The van der Waals surface area contributed by atoms with E-state index >= 15 is 0 Å². The lowest BCUT2D eigenvalue weighted by molar-refractivity contribution is -0.225. The van der Waals surface area contributed by atoms with Crippen LogP contribution in [0.3, 0.4) is 0 Å². The highest BCUT2D eigenvalue weighted by Gasteiger charge is 2.60. The van der Waals surface area contributed by atoms with E-state index in [0.29, 0.717) is 73.4 Å². The maximum absolute atomic E-state index is 12.5. The second-order valence-electron chi connectivity index (χ2n) is 28.6. The second kappa shape index (κ2) is 29.1. The quantitative estimate of drug-likeness (QED) is 0.0477. The van der Waals surface area contributed by atoms with Crippen LogP contribution in [0, 0.1) is 57.2 Å². The zero-order valence-corrected chi connectivity index (χ0v) is 55.5. The number of esters is 5. The molecule has 9 aliphatic rings. The molecule has 1 heterocycles. The van der Waals surface area contributed by atoms with Crippen molar-refractivity contribution in [3.8, 4) is 17.2 Å². The van der Waals surface area contributed by atoms with Crippen LogP contribution in [0.2, 0.25) is 0 Å². The van der Waals surface area contributed by atoms with Crippen molar-refractivity contribution in [2.75, 3.05) is 40.6 Å². The van der Waals surface area contributed by atoms with Gasteiger partial charge in [-0.15, -0.1) is 0 Å². The number of hydrogen-bond donors (Lipinski definition) is 1. The van der Waals surface area contributed by atoms with Gasteiger partial charge in [-0.05, 0) is 231 Å².